The molecule has 2 N–H and O–H groups in total. The van der Waals surface area contributed by atoms with Crippen molar-refractivity contribution < 1.29 is 4.79 Å². The van der Waals surface area contributed by atoms with E-state index in [2.05, 4.69) is 10.6 Å². The molecule has 0 aliphatic rings. The second-order valence-electron chi connectivity index (χ2n) is 4.87. The fourth-order valence-corrected chi connectivity index (χ4v) is 2.98. The first kappa shape index (κ1) is 16.9. The number of hydrogen-bond donors (Lipinski definition) is 2. The minimum Gasteiger partial charge on any atom is -0.324 e. The highest BCUT2D eigenvalue weighted by molar-refractivity contribution is 7.98. The minimum atomic E-state index is -0.0691. The lowest BCUT2D eigenvalue weighted by Crippen LogP contribution is -2.30. The second kappa shape index (κ2) is 8.22. The molecule has 0 heterocycles. The van der Waals surface area contributed by atoms with Gasteiger partial charge in [-0.15, -0.1) is 11.8 Å². The molecule has 22 heavy (non-hydrogen) atoms. The van der Waals surface area contributed by atoms with Crippen molar-refractivity contribution >= 4 is 35.0 Å². The van der Waals surface area contributed by atoms with Gasteiger partial charge in [0.15, 0.2) is 0 Å². The third-order valence-corrected chi connectivity index (χ3v) is 4.46. The molecule has 0 aromatic heterocycles. The number of benzene rings is 2. The number of anilines is 1. The van der Waals surface area contributed by atoms with Gasteiger partial charge < -0.3 is 10.6 Å². The molecular formula is C17H19ClN2OS. The topological polar surface area (TPSA) is 41.1 Å². The Labute approximate surface area is 140 Å². The Morgan fingerprint density at radius 1 is 1.18 bits per heavy atom. The average molecular weight is 335 g/mol. The lowest BCUT2D eigenvalue weighted by atomic mass is 10.1. The van der Waals surface area contributed by atoms with Crippen molar-refractivity contribution in [2.24, 2.45) is 0 Å². The lowest BCUT2D eigenvalue weighted by Gasteiger charge is -2.16. The van der Waals surface area contributed by atoms with Crippen molar-refractivity contribution in [3.05, 3.63) is 59.1 Å². The van der Waals surface area contributed by atoms with Crippen molar-refractivity contribution in [1.82, 2.24) is 5.32 Å². The van der Waals surface area contributed by atoms with Gasteiger partial charge >= 0.3 is 0 Å². The molecule has 116 valence electrons. The van der Waals surface area contributed by atoms with Gasteiger partial charge in [-0.1, -0.05) is 41.9 Å². The normalized spacial score (nSPS) is 12.0. The van der Waals surface area contributed by atoms with Crippen LogP contribution in [-0.4, -0.2) is 18.7 Å². The highest BCUT2D eigenvalue weighted by Crippen LogP contribution is 2.24. The van der Waals surface area contributed by atoms with E-state index in [-0.39, 0.29) is 18.5 Å². The molecule has 1 atom stereocenters. The number of amides is 1. The summed E-state index contributed by atoms with van der Waals surface area (Å²) >= 11 is 7.77. The van der Waals surface area contributed by atoms with Crippen LogP contribution in [0, 0.1) is 0 Å². The first-order valence-electron chi connectivity index (χ1n) is 7.02. The van der Waals surface area contributed by atoms with Crippen LogP contribution in [0.2, 0.25) is 5.02 Å². The molecule has 0 unspecified atom stereocenters. The number of halogens is 1. The van der Waals surface area contributed by atoms with E-state index in [1.54, 1.807) is 11.8 Å². The van der Waals surface area contributed by atoms with Gasteiger partial charge in [-0.2, -0.15) is 0 Å². The predicted molar refractivity (Wildman–Crippen MR) is 94.7 cm³/mol. The van der Waals surface area contributed by atoms with E-state index in [0.717, 1.165) is 16.1 Å². The van der Waals surface area contributed by atoms with Crippen LogP contribution in [0.25, 0.3) is 0 Å². The highest BCUT2D eigenvalue weighted by atomic mass is 35.5. The minimum absolute atomic E-state index is 0.00949. The quantitative estimate of drug-likeness (QED) is 0.771. The Bertz CT molecular complexity index is 648. The van der Waals surface area contributed by atoms with Gasteiger partial charge in [-0.25, -0.2) is 0 Å². The predicted octanol–water partition coefficient (Wildman–Crippen LogP) is 4.35. The smallest absolute Gasteiger partial charge is 0.238 e. The van der Waals surface area contributed by atoms with Crippen LogP contribution < -0.4 is 10.6 Å². The van der Waals surface area contributed by atoms with E-state index < -0.39 is 0 Å². The Hall–Kier alpha value is -1.49. The molecule has 0 aliphatic carbocycles. The summed E-state index contributed by atoms with van der Waals surface area (Å²) < 4.78 is 0. The third-order valence-electron chi connectivity index (χ3n) is 3.32. The molecule has 3 nitrogen and oxygen atoms in total. The van der Waals surface area contributed by atoms with Gasteiger partial charge in [0.05, 0.1) is 12.2 Å². The molecule has 1 amide bonds. The largest absolute Gasteiger partial charge is 0.324 e. The SMILES string of the molecule is CSc1ccccc1NC(=O)CN[C@H](C)c1ccccc1Cl. The Morgan fingerprint density at radius 2 is 1.86 bits per heavy atom. The second-order valence-corrected chi connectivity index (χ2v) is 6.13. The maximum absolute atomic E-state index is 12.1. The molecule has 0 saturated carbocycles. The maximum atomic E-state index is 12.1. The van der Waals surface area contributed by atoms with Gasteiger partial charge in [0.25, 0.3) is 0 Å². The monoisotopic (exact) mass is 334 g/mol. The molecule has 0 aliphatic heterocycles. The summed E-state index contributed by atoms with van der Waals surface area (Å²) in [5.41, 5.74) is 1.83. The van der Waals surface area contributed by atoms with Crippen molar-refractivity contribution in [3.8, 4) is 0 Å². The molecule has 0 bridgehead atoms. The zero-order valence-corrected chi connectivity index (χ0v) is 14.2. The van der Waals surface area contributed by atoms with Gasteiger partial charge in [0.2, 0.25) is 5.91 Å². The standard InChI is InChI=1S/C17H19ClN2OS/c1-12(13-7-3-4-8-14(13)18)19-11-17(21)20-15-9-5-6-10-16(15)22-2/h3-10,12,19H,11H2,1-2H3,(H,20,21)/t12-/m1/s1. The van der Waals surface area contributed by atoms with E-state index in [0.29, 0.717) is 5.02 Å². The summed E-state index contributed by atoms with van der Waals surface area (Å²) in [5.74, 6) is -0.0691. The summed E-state index contributed by atoms with van der Waals surface area (Å²) in [5, 5.41) is 6.83. The van der Waals surface area contributed by atoms with E-state index in [1.165, 1.54) is 0 Å². The van der Waals surface area contributed by atoms with Crippen LogP contribution in [-0.2, 0) is 4.79 Å². The van der Waals surface area contributed by atoms with Gasteiger partial charge in [-0.3, -0.25) is 4.79 Å². The highest BCUT2D eigenvalue weighted by Gasteiger charge is 2.11. The van der Waals surface area contributed by atoms with E-state index in [1.807, 2.05) is 61.7 Å². The number of nitrogens with one attached hydrogen (secondary N) is 2. The summed E-state index contributed by atoms with van der Waals surface area (Å²) in [6.45, 7) is 2.22. The Kier molecular flexibility index (Phi) is 6.31. The molecule has 0 radical (unpaired) electrons. The summed E-state index contributed by atoms with van der Waals surface area (Å²) in [4.78, 5) is 13.1. The van der Waals surface area contributed by atoms with Crippen molar-refractivity contribution in [3.63, 3.8) is 0 Å². The Balaban J connectivity index is 1.92. The summed E-state index contributed by atoms with van der Waals surface area (Å²) in [7, 11) is 0. The van der Waals surface area contributed by atoms with E-state index in [9.17, 15) is 4.79 Å². The molecule has 0 fully saturated rings. The third kappa shape index (κ3) is 4.50. The van der Waals surface area contributed by atoms with Gasteiger partial charge in [0, 0.05) is 16.0 Å². The maximum Gasteiger partial charge on any atom is 0.238 e. The molecule has 2 aromatic carbocycles. The van der Waals surface area contributed by atoms with E-state index in [4.69, 9.17) is 11.6 Å². The molecule has 0 spiro atoms. The van der Waals surface area contributed by atoms with Crippen molar-refractivity contribution in [1.29, 1.82) is 0 Å². The van der Waals surface area contributed by atoms with Crippen molar-refractivity contribution in [2.75, 3.05) is 18.1 Å². The summed E-state index contributed by atoms with van der Waals surface area (Å²) in [6.07, 6.45) is 1.99. The first-order valence-corrected chi connectivity index (χ1v) is 8.62. The number of para-hydroxylation sites is 1. The van der Waals surface area contributed by atoms with Crippen LogP contribution in [0.4, 0.5) is 5.69 Å². The van der Waals surface area contributed by atoms with E-state index >= 15 is 0 Å². The first-order chi connectivity index (χ1) is 10.6. The molecule has 2 aromatic rings. The van der Waals surface area contributed by atoms with Crippen LogP contribution in [0.5, 0.6) is 0 Å². The molecule has 2 rings (SSSR count). The zero-order chi connectivity index (χ0) is 15.9. The average Bonchev–Trinajstić information content (AvgIpc) is 2.53. The fraction of sp³-hybridized carbons (Fsp3) is 0.235. The van der Waals surface area contributed by atoms with Crippen LogP contribution in [0.3, 0.4) is 0 Å². The van der Waals surface area contributed by atoms with Crippen LogP contribution in [0.1, 0.15) is 18.5 Å². The number of carbonyl (C=O) groups excluding carboxylic acids is 1. The number of thioether (sulfide) groups is 1. The zero-order valence-electron chi connectivity index (χ0n) is 12.6. The van der Waals surface area contributed by atoms with Gasteiger partial charge in [-0.05, 0) is 36.9 Å². The lowest BCUT2D eigenvalue weighted by molar-refractivity contribution is -0.115. The molecule has 5 heteroatoms. The van der Waals surface area contributed by atoms with Gasteiger partial charge in [0.1, 0.15) is 0 Å². The Morgan fingerprint density at radius 3 is 2.59 bits per heavy atom. The number of carbonyl (C=O) groups is 1. The number of rotatable bonds is 6. The van der Waals surface area contributed by atoms with Crippen LogP contribution >= 0.6 is 23.4 Å². The summed E-state index contributed by atoms with van der Waals surface area (Å²) in [6, 6.07) is 15.4. The fourth-order valence-electron chi connectivity index (χ4n) is 2.12. The van der Waals surface area contributed by atoms with Crippen molar-refractivity contribution in [2.45, 2.75) is 17.9 Å². The molecular weight excluding hydrogens is 316 g/mol. The van der Waals surface area contributed by atoms with Crippen LogP contribution in [0.15, 0.2) is 53.4 Å². The molecule has 0 saturated heterocycles. The number of hydrogen-bond acceptors (Lipinski definition) is 3.